The molecule has 2 aliphatic rings. The molecule has 1 heterocycles. The third kappa shape index (κ3) is 1.68. The summed E-state index contributed by atoms with van der Waals surface area (Å²) in [7, 11) is 0. The third-order valence-electron chi connectivity index (χ3n) is 5.31. The van der Waals surface area contributed by atoms with Crippen LogP contribution in [0.1, 0.15) is 52.0 Å². The number of aromatic nitrogens is 2. The lowest BCUT2D eigenvalue weighted by Crippen LogP contribution is -2.45. The summed E-state index contributed by atoms with van der Waals surface area (Å²) >= 11 is 1.71. The molecular formula is C14H23N3S. The normalized spacial score (nSPS) is 37.1. The van der Waals surface area contributed by atoms with Gasteiger partial charge in [-0.3, -0.25) is 0 Å². The standard InChI is InChI=1S/C14H23N3S/c1-5-10-16-17-12(18-10)15-11-13(2,3)9-6-7-14(11,4)8-9/h9,11H,5-8H2,1-4H3,(H,15,17). The van der Waals surface area contributed by atoms with E-state index in [2.05, 4.69) is 43.2 Å². The Balaban J connectivity index is 1.83. The predicted molar refractivity (Wildman–Crippen MR) is 75.9 cm³/mol. The maximum atomic E-state index is 4.29. The first-order chi connectivity index (χ1) is 8.45. The van der Waals surface area contributed by atoms with Crippen LogP contribution in [0.5, 0.6) is 0 Å². The monoisotopic (exact) mass is 265 g/mol. The van der Waals surface area contributed by atoms with E-state index in [1.807, 2.05) is 0 Å². The summed E-state index contributed by atoms with van der Waals surface area (Å²) in [6, 6.07) is 0.543. The highest BCUT2D eigenvalue weighted by Crippen LogP contribution is 2.63. The van der Waals surface area contributed by atoms with Crippen LogP contribution >= 0.6 is 11.3 Å². The molecule has 4 heteroatoms. The van der Waals surface area contributed by atoms with Crippen LogP contribution in [0.2, 0.25) is 0 Å². The van der Waals surface area contributed by atoms with Crippen molar-refractivity contribution in [3.8, 4) is 0 Å². The maximum absolute atomic E-state index is 4.29. The van der Waals surface area contributed by atoms with Gasteiger partial charge in [-0.1, -0.05) is 39.0 Å². The topological polar surface area (TPSA) is 37.8 Å². The van der Waals surface area contributed by atoms with Crippen molar-refractivity contribution in [2.45, 2.75) is 59.4 Å². The van der Waals surface area contributed by atoms with Gasteiger partial charge in [0, 0.05) is 6.04 Å². The zero-order valence-electron chi connectivity index (χ0n) is 11.8. The Bertz CT molecular complexity index is 449. The van der Waals surface area contributed by atoms with Crippen molar-refractivity contribution < 1.29 is 0 Å². The Morgan fingerprint density at radius 1 is 1.33 bits per heavy atom. The van der Waals surface area contributed by atoms with Gasteiger partial charge in [0.1, 0.15) is 5.01 Å². The SMILES string of the molecule is CCc1nnc(NC2C3(C)CCC(C3)C2(C)C)s1. The van der Waals surface area contributed by atoms with Crippen LogP contribution in [0.15, 0.2) is 0 Å². The van der Waals surface area contributed by atoms with Crippen LogP contribution in [-0.4, -0.2) is 16.2 Å². The van der Waals surface area contributed by atoms with Gasteiger partial charge in [-0.25, -0.2) is 0 Å². The van der Waals surface area contributed by atoms with Crippen molar-refractivity contribution in [1.82, 2.24) is 10.2 Å². The van der Waals surface area contributed by atoms with E-state index in [1.165, 1.54) is 19.3 Å². The van der Waals surface area contributed by atoms with Gasteiger partial charge in [-0.2, -0.15) is 0 Å². The van der Waals surface area contributed by atoms with Gasteiger partial charge < -0.3 is 5.32 Å². The fourth-order valence-electron chi connectivity index (χ4n) is 4.24. The highest BCUT2D eigenvalue weighted by molar-refractivity contribution is 7.15. The van der Waals surface area contributed by atoms with Gasteiger partial charge in [-0.15, -0.1) is 10.2 Å². The minimum atomic E-state index is 0.380. The molecule has 1 N–H and O–H groups in total. The molecule has 3 unspecified atom stereocenters. The number of rotatable bonds is 3. The van der Waals surface area contributed by atoms with Crippen molar-refractivity contribution >= 4 is 16.5 Å². The lowest BCUT2D eigenvalue weighted by molar-refractivity contribution is 0.155. The van der Waals surface area contributed by atoms with E-state index >= 15 is 0 Å². The van der Waals surface area contributed by atoms with Crippen molar-refractivity contribution in [3.05, 3.63) is 5.01 Å². The second-order valence-corrected chi connectivity index (χ2v) is 7.91. The number of hydrogen-bond acceptors (Lipinski definition) is 4. The van der Waals surface area contributed by atoms with Crippen LogP contribution in [0.4, 0.5) is 5.13 Å². The molecule has 0 radical (unpaired) electrons. The Labute approximate surface area is 113 Å². The average molecular weight is 265 g/mol. The van der Waals surface area contributed by atoms with E-state index in [1.54, 1.807) is 11.3 Å². The molecule has 3 nitrogen and oxygen atoms in total. The number of aryl methyl sites for hydroxylation is 1. The van der Waals surface area contributed by atoms with Crippen LogP contribution in [0, 0.1) is 16.7 Å². The van der Waals surface area contributed by atoms with Gasteiger partial charge in [0.2, 0.25) is 5.13 Å². The lowest BCUT2D eigenvalue weighted by atomic mass is 9.68. The molecular weight excluding hydrogens is 242 g/mol. The lowest BCUT2D eigenvalue weighted by Gasteiger charge is -2.42. The van der Waals surface area contributed by atoms with Gasteiger partial charge in [0.25, 0.3) is 0 Å². The van der Waals surface area contributed by atoms with Crippen LogP contribution in [0.3, 0.4) is 0 Å². The number of nitrogens with zero attached hydrogens (tertiary/aromatic N) is 2. The molecule has 3 atom stereocenters. The van der Waals surface area contributed by atoms with E-state index in [-0.39, 0.29) is 0 Å². The number of hydrogen-bond donors (Lipinski definition) is 1. The second kappa shape index (κ2) is 3.92. The fraction of sp³-hybridized carbons (Fsp3) is 0.857. The molecule has 3 rings (SSSR count). The first-order valence-electron chi connectivity index (χ1n) is 7.04. The summed E-state index contributed by atoms with van der Waals surface area (Å²) in [4.78, 5) is 0. The highest BCUT2D eigenvalue weighted by atomic mass is 32.1. The summed E-state index contributed by atoms with van der Waals surface area (Å²) in [6.45, 7) is 9.41. The van der Waals surface area contributed by atoms with Crippen LogP contribution in [-0.2, 0) is 6.42 Å². The van der Waals surface area contributed by atoms with Crippen molar-refractivity contribution in [2.24, 2.45) is 16.7 Å². The highest BCUT2D eigenvalue weighted by Gasteiger charge is 2.59. The number of anilines is 1. The van der Waals surface area contributed by atoms with Gasteiger partial charge in [0.05, 0.1) is 0 Å². The summed E-state index contributed by atoms with van der Waals surface area (Å²) in [5.41, 5.74) is 0.831. The summed E-state index contributed by atoms with van der Waals surface area (Å²) < 4.78 is 0. The Morgan fingerprint density at radius 3 is 2.67 bits per heavy atom. The van der Waals surface area contributed by atoms with E-state index < -0.39 is 0 Å². The zero-order valence-corrected chi connectivity index (χ0v) is 12.6. The van der Waals surface area contributed by atoms with E-state index in [0.717, 1.165) is 22.5 Å². The van der Waals surface area contributed by atoms with Crippen molar-refractivity contribution in [3.63, 3.8) is 0 Å². The Kier molecular flexibility index (Phi) is 2.70. The molecule has 2 saturated carbocycles. The molecule has 1 aromatic rings. The number of fused-ring (bicyclic) bond motifs is 2. The summed E-state index contributed by atoms with van der Waals surface area (Å²) in [5.74, 6) is 0.874. The van der Waals surface area contributed by atoms with E-state index in [9.17, 15) is 0 Å². The van der Waals surface area contributed by atoms with E-state index in [0.29, 0.717) is 16.9 Å². The quantitative estimate of drug-likeness (QED) is 0.905. The fourth-order valence-corrected chi connectivity index (χ4v) is 4.95. The number of nitrogens with one attached hydrogen (secondary N) is 1. The molecule has 0 saturated heterocycles. The van der Waals surface area contributed by atoms with Gasteiger partial charge in [0.15, 0.2) is 0 Å². The Hall–Kier alpha value is -0.640. The van der Waals surface area contributed by atoms with Gasteiger partial charge in [-0.05, 0) is 42.4 Å². The van der Waals surface area contributed by atoms with Crippen molar-refractivity contribution in [2.75, 3.05) is 5.32 Å². The Morgan fingerprint density at radius 2 is 2.11 bits per heavy atom. The smallest absolute Gasteiger partial charge is 0.205 e. The van der Waals surface area contributed by atoms with Crippen LogP contribution < -0.4 is 5.32 Å². The van der Waals surface area contributed by atoms with Crippen LogP contribution in [0.25, 0.3) is 0 Å². The molecule has 0 spiro atoms. The minimum Gasteiger partial charge on any atom is -0.356 e. The maximum Gasteiger partial charge on any atom is 0.205 e. The molecule has 0 amide bonds. The second-order valence-electron chi connectivity index (χ2n) is 6.85. The largest absolute Gasteiger partial charge is 0.356 e. The molecule has 18 heavy (non-hydrogen) atoms. The molecule has 0 aromatic carbocycles. The first kappa shape index (κ1) is 12.4. The average Bonchev–Trinajstić information content (AvgIpc) is 2.95. The summed E-state index contributed by atoms with van der Waals surface area (Å²) in [6.07, 6.45) is 5.11. The predicted octanol–water partition coefficient (Wildman–Crippen LogP) is 3.73. The minimum absolute atomic E-state index is 0.380. The molecule has 1 aromatic heterocycles. The summed E-state index contributed by atoms with van der Waals surface area (Å²) in [5, 5.41) is 14.3. The first-order valence-corrected chi connectivity index (χ1v) is 7.86. The molecule has 2 aliphatic carbocycles. The van der Waals surface area contributed by atoms with E-state index in [4.69, 9.17) is 0 Å². The molecule has 2 bridgehead atoms. The molecule has 2 fully saturated rings. The van der Waals surface area contributed by atoms with Gasteiger partial charge >= 0.3 is 0 Å². The molecule has 0 aliphatic heterocycles. The third-order valence-corrected chi connectivity index (χ3v) is 6.31. The van der Waals surface area contributed by atoms with Crippen molar-refractivity contribution in [1.29, 1.82) is 0 Å². The zero-order chi connectivity index (χ0) is 13.0. The molecule has 100 valence electrons.